The fourth-order valence-corrected chi connectivity index (χ4v) is 2.97. The normalized spacial score (nSPS) is 52.2. The van der Waals surface area contributed by atoms with Crippen molar-refractivity contribution in [2.45, 2.75) is 30.7 Å². The lowest BCUT2D eigenvalue weighted by Crippen LogP contribution is -2.19. The van der Waals surface area contributed by atoms with Gasteiger partial charge in [0.2, 0.25) is 0 Å². The van der Waals surface area contributed by atoms with Crippen LogP contribution in [0.1, 0.15) is 19.3 Å². The Morgan fingerprint density at radius 1 is 1.40 bits per heavy atom. The predicted molar refractivity (Wildman–Crippen MR) is 41.3 cm³/mol. The van der Waals surface area contributed by atoms with Gasteiger partial charge in [0.1, 0.15) is 0 Å². The highest BCUT2D eigenvalue weighted by Gasteiger charge is 2.47. The van der Waals surface area contributed by atoms with Crippen molar-refractivity contribution in [3.63, 3.8) is 0 Å². The molecule has 1 nitrogen and oxygen atoms in total. The number of hydrogen-bond donors (Lipinski definition) is 0. The second-order valence-electron chi connectivity index (χ2n) is 3.46. The molecule has 0 radical (unpaired) electrons. The van der Waals surface area contributed by atoms with Gasteiger partial charge in [-0.25, -0.2) is 0 Å². The highest BCUT2D eigenvalue weighted by molar-refractivity contribution is 6.21. The number of alkyl halides is 1. The van der Waals surface area contributed by atoms with E-state index in [4.69, 9.17) is 16.3 Å². The summed E-state index contributed by atoms with van der Waals surface area (Å²) in [5.74, 6) is 1.42. The van der Waals surface area contributed by atoms with Crippen molar-refractivity contribution < 1.29 is 4.74 Å². The minimum absolute atomic E-state index is 0.421. The Hall–Kier alpha value is 0.250. The summed E-state index contributed by atoms with van der Waals surface area (Å²) < 4.78 is 5.33. The van der Waals surface area contributed by atoms with Crippen LogP contribution in [0.25, 0.3) is 0 Å². The molecule has 0 aliphatic heterocycles. The molecule has 0 aromatic carbocycles. The first kappa shape index (κ1) is 6.93. The molecule has 58 valence electrons. The molecule has 4 unspecified atom stereocenters. The number of hydrogen-bond acceptors (Lipinski definition) is 1. The molecule has 2 aliphatic rings. The summed E-state index contributed by atoms with van der Waals surface area (Å²) in [7, 11) is 1.80. The Labute approximate surface area is 66.7 Å². The summed E-state index contributed by atoms with van der Waals surface area (Å²) in [6.07, 6.45) is 4.30. The second-order valence-corrected chi connectivity index (χ2v) is 3.96. The Bertz CT molecular complexity index is 137. The highest BCUT2D eigenvalue weighted by Crippen LogP contribution is 2.48. The lowest BCUT2D eigenvalue weighted by atomic mass is 9.98. The van der Waals surface area contributed by atoms with Gasteiger partial charge in [-0.2, -0.15) is 0 Å². The van der Waals surface area contributed by atoms with Crippen molar-refractivity contribution in [2.75, 3.05) is 7.11 Å². The third kappa shape index (κ3) is 0.802. The summed E-state index contributed by atoms with van der Waals surface area (Å²) in [5.41, 5.74) is 0. The summed E-state index contributed by atoms with van der Waals surface area (Å²) in [6.45, 7) is 0. The quantitative estimate of drug-likeness (QED) is 0.534. The molecule has 0 aromatic heterocycles. The van der Waals surface area contributed by atoms with E-state index in [-0.39, 0.29) is 0 Å². The SMILES string of the molecule is COC1CC2CCC1C2Cl. The van der Waals surface area contributed by atoms with E-state index in [1.54, 1.807) is 7.11 Å². The van der Waals surface area contributed by atoms with Crippen LogP contribution in [0.4, 0.5) is 0 Å². The lowest BCUT2D eigenvalue weighted by molar-refractivity contribution is 0.0575. The zero-order chi connectivity index (χ0) is 7.14. The van der Waals surface area contributed by atoms with Gasteiger partial charge in [-0.15, -0.1) is 11.6 Å². The topological polar surface area (TPSA) is 9.23 Å². The smallest absolute Gasteiger partial charge is 0.0616 e. The van der Waals surface area contributed by atoms with Crippen molar-refractivity contribution in [2.24, 2.45) is 11.8 Å². The van der Waals surface area contributed by atoms with Gasteiger partial charge in [-0.3, -0.25) is 0 Å². The number of fused-ring (bicyclic) bond motifs is 2. The van der Waals surface area contributed by atoms with Gasteiger partial charge < -0.3 is 4.74 Å². The molecular weight excluding hydrogens is 148 g/mol. The molecular formula is C8H13ClO. The number of halogens is 1. The molecule has 0 saturated heterocycles. The van der Waals surface area contributed by atoms with E-state index in [1.807, 2.05) is 0 Å². The molecule has 2 rings (SSSR count). The van der Waals surface area contributed by atoms with Crippen LogP contribution in [-0.4, -0.2) is 18.6 Å². The van der Waals surface area contributed by atoms with Crippen LogP contribution in [0.5, 0.6) is 0 Å². The van der Waals surface area contributed by atoms with E-state index >= 15 is 0 Å². The monoisotopic (exact) mass is 160 g/mol. The maximum Gasteiger partial charge on any atom is 0.0616 e. The Kier molecular flexibility index (Phi) is 1.65. The van der Waals surface area contributed by atoms with E-state index in [0.29, 0.717) is 17.4 Å². The van der Waals surface area contributed by atoms with Gasteiger partial charge in [0.15, 0.2) is 0 Å². The van der Waals surface area contributed by atoms with Crippen molar-refractivity contribution in [1.29, 1.82) is 0 Å². The first-order valence-electron chi connectivity index (χ1n) is 4.00. The van der Waals surface area contributed by atoms with Crippen LogP contribution in [0.2, 0.25) is 0 Å². The first-order chi connectivity index (χ1) is 4.83. The molecule has 4 atom stereocenters. The summed E-state index contributed by atoms with van der Waals surface area (Å²) >= 11 is 6.17. The van der Waals surface area contributed by atoms with E-state index in [0.717, 1.165) is 5.92 Å². The second kappa shape index (κ2) is 2.38. The number of rotatable bonds is 1. The zero-order valence-corrected chi connectivity index (χ0v) is 6.97. The third-order valence-corrected chi connectivity index (χ3v) is 3.73. The first-order valence-corrected chi connectivity index (χ1v) is 4.43. The van der Waals surface area contributed by atoms with Crippen molar-refractivity contribution in [3.8, 4) is 0 Å². The van der Waals surface area contributed by atoms with E-state index in [2.05, 4.69) is 0 Å². The summed E-state index contributed by atoms with van der Waals surface area (Å²) in [4.78, 5) is 0. The zero-order valence-electron chi connectivity index (χ0n) is 6.22. The van der Waals surface area contributed by atoms with E-state index < -0.39 is 0 Å². The van der Waals surface area contributed by atoms with Gasteiger partial charge in [-0.05, 0) is 25.2 Å². The van der Waals surface area contributed by atoms with Crippen molar-refractivity contribution in [3.05, 3.63) is 0 Å². The molecule has 0 heterocycles. The van der Waals surface area contributed by atoms with E-state index in [9.17, 15) is 0 Å². The van der Waals surface area contributed by atoms with E-state index in [1.165, 1.54) is 19.3 Å². The molecule has 2 fully saturated rings. The number of methoxy groups -OCH3 is 1. The molecule has 10 heavy (non-hydrogen) atoms. The summed E-state index contributed by atoms with van der Waals surface area (Å²) in [6, 6.07) is 0. The minimum atomic E-state index is 0.421. The van der Waals surface area contributed by atoms with Crippen molar-refractivity contribution in [1.82, 2.24) is 0 Å². The van der Waals surface area contributed by atoms with Gasteiger partial charge in [0, 0.05) is 18.4 Å². The van der Waals surface area contributed by atoms with Gasteiger partial charge >= 0.3 is 0 Å². The maximum atomic E-state index is 6.17. The molecule has 2 aliphatic carbocycles. The average Bonchev–Trinajstić information content (AvgIpc) is 2.46. The Balaban J connectivity index is 2.08. The van der Waals surface area contributed by atoms with Gasteiger partial charge in [0.05, 0.1) is 6.10 Å². The molecule has 0 N–H and O–H groups in total. The van der Waals surface area contributed by atoms with Gasteiger partial charge in [0.25, 0.3) is 0 Å². The van der Waals surface area contributed by atoms with Crippen LogP contribution >= 0.6 is 11.6 Å². The van der Waals surface area contributed by atoms with Crippen LogP contribution in [0, 0.1) is 11.8 Å². The lowest BCUT2D eigenvalue weighted by Gasteiger charge is -2.19. The predicted octanol–water partition coefficient (Wildman–Crippen LogP) is 2.04. The molecule has 2 bridgehead atoms. The largest absolute Gasteiger partial charge is 0.381 e. The Morgan fingerprint density at radius 2 is 2.20 bits per heavy atom. The van der Waals surface area contributed by atoms with Crippen molar-refractivity contribution >= 4 is 11.6 Å². The fraction of sp³-hybridized carbons (Fsp3) is 1.00. The van der Waals surface area contributed by atoms with Crippen LogP contribution in [-0.2, 0) is 4.74 Å². The Morgan fingerprint density at radius 3 is 2.50 bits per heavy atom. The van der Waals surface area contributed by atoms with Crippen LogP contribution < -0.4 is 0 Å². The highest BCUT2D eigenvalue weighted by atomic mass is 35.5. The standard InChI is InChI=1S/C8H13ClO/c1-10-7-4-5-2-3-6(7)8(5)9/h5-8H,2-4H2,1H3. The molecule has 0 spiro atoms. The molecule has 0 amide bonds. The van der Waals surface area contributed by atoms with Gasteiger partial charge in [-0.1, -0.05) is 0 Å². The third-order valence-electron chi connectivity index (χ3n) is 3.05. The maximum absolute atomic E-state index is 6.17. The number of ether oxygens (including phenoxy) is 1. The molecule has 2 heteroatoms. The fourth-order valence-electron chi connectivity index (χ4n) is 2.46. The summed E-state index contributed by atoms with van der Waals surface area (Å²) in [5, 5.41) is 0.421. The minimum Gasteiger partial charge on any atom is -0.381 e. The van der Waals surface area contributed by atoms with Crippen LogP contribution in [0.15, 0.2) is 0 Å². The molecule has 0 aromatic rings. The molecule has 2 saturated carbocycles. The average molecular weight is 161 g/mol. The van der Waals surface area contributed by atoms with Crippen LogP contribution in [0.3, 0.4) is 0 Å².